The van der Waals surface area contributed by atoms with Crippen LogP contribution in [-0.2, 0) is 21.7 Å². The summed E-state index contributed by atoms with van der Waals surface area (Å²) in [4.78, 5) is 17.7. The monoisotopic (exact) mass is 364 g/mol. The van der Waals surface area contributed by atoms with Gasteiger partial charge in [0.15, 0.2) is 5.60 Å². The van der Waals surface area contributed by atoms with Crippen molar-refractivity contribution < 1.29 is 9.53 Å². The van der Waals surface area contributed by atoms with Crippen LogP contribution in [0.5, 0.6) is 0 Å². The fourth-order valence-corrected chi connectivity index (χ4v) is 4.22. The lowest BCUT2D eigenvalue weighted by molar-refractivity contribution is -0.142. The van der Waals surface area contributed by atoms with Gasteiger partial charge in [0, 0.05) is 12.1 Å². The Bertz CT molecular complexity index is 786. The standard InChI is InChI=1S/C23H28N2O2/c1-23(27-17-16-24-14-8-3-9-15-24)20-12-6-7-13-21(20)25(22(23)26)18-19-10-4-2-5-11-19/h2,4-7,10-13H,3,8-9,14-18H2,1H3/t23-/m0/s1. The zero-order valence-corrected chi connectivity index (χ0v) is 16.1. The van der Waals surface area contributed by atoms with Crippen LogP contribution in [0.15, 0.2) is 54.6 Å². The molecule has 0 unspecified atom stereocenters. The number of piperidine rings is 1. The Balaban J connectivity index is 1.51. The molecule has 0 aromatic heterocycles. The Labute approximate surface area is 161 Å². The molecule has 0 N–H and O–H groups in total. The summed E-state index contributed by atoms with van der Waals surface area (Å²) in [5.41, 5.74) is 2.16. The van der Waals surface area contributed by atoms with E-state index in [2.05, 4.69) is 17.0 Å². The number of hydrogen-bond acceptors (Lipinski definition) is 3. The van der Waals surface area contributed by atoms with Crippen LogP contribution in [0.2, 0.25) is 0 Å². The molecule has 1 saturated heterocycles. The van der Waals surface area contributed by atoms with Crippen molar-refractivity contribution in [1.82, 2.24) is 4.90 Å². The van der Waals surface area contributed by atoms with Crippen LogP contribution in [0.1, 0.15) is 37.3 Å². The van der Waals surface area contributed by atoms with E-state index in [4.69, 9.17) is 4.74 Å². The van der Waals surface area contributed by atoms with Crippen LogP contribution < -0.4 is 4.90 Å². The molecule has 1 amide bonds. The number of anilines is 1. The van der Waals surface area contributed by atoms with Crippen molar-refractivity contribution in [2.45, 2.75) is 38.3 Å². The molecule has 4 heteroatoms. The van der Waals surface area contributed by atoms with Gasteiger partial charge in [0.2, 0.25) is 0 Å². The molecule has 4 nitrogen and oxygen atoms in total. The van der Waals surface area contributed by atoms with Crippen molar-refractivity contribution in [1.29, 1.82) is 0 Å². The zero-order valence-electron chi connectivity index (χ0n) is 16.1. The fraction of sp³-hybridized carbons (Fsp3) is 0.435. The van der Waals surface area contributed by atoms with Crippen molar-refractivity contribution in [2.24, 2.45) is 0 Å². The van der Waals surface area contributed by atoms with Gasteiger partial charge in [-0.15, -0.1) is 0 Å². The molecule has 0 aliphatic carbocycles. The Morgan fingerprint density at radius 2 is 1.67 bits per heavy atom. The first kappa shape index (κ1) is 18.2. The molecule has 0 saturated carbocycles. The van der Waals surface area contributed by atoms with Crippen molar-refractivity contribution in [3.05, 3.63) is 65.7 Å². The first-order valence-electron chi connectivity index (χ1n) is 10.0. The molecular weight excluding hydrogens is 336 g/mol. The number of hydrogen-bond donors (Lipinski definition) is 0. The van der Waals surface area contributed by atoms with E-state index in [0.717, 1.165) is 36.4 Å². The van der Waals surface area contributed by atoms with E-state index in [1.807, 2.05) is 54.3 Å². The van der Waals surface area contributed by atoms with E-state index in [9.17, 15) is 4.79 Å². The van der Waals surface area contributed by atoms with Gasteiger partial charge in [-0.25, -0.2) is 0 Å². The Morgan fingerprint density at radius 1 is 0.963 bits per heavy atom. The first-order chi connectivity index (χ1) is 13.2. The van der Waals surface area contributed by atoms with E-state index in [1.54, 1.807) is 0 Å². The third-order valence-electron chi connectivity index (χ3n) is 5.79. The highest BCUT2D eigenvalue weighted by Gasteiger charge is 2.48. The highest BCUT2D eigenvalue weighted by Crippen LogP contribution is 2.43. The lowest BCUT2D eigenvalue weighted by Crippen LogP contribution is -2.42. The summed E-state index contributed by atoms with van der Waals surface area (Å²) in [5.74, 6) is 0.0335. The minimum absolute atomic E-state index is 0.0335. The second kappa shape index (κ2) is 7.83. The predicted octanol–water partition coefficient (Wildman–Crippen LogP) is 3.95. The van der Waals surface area contributed by atoms with Crippen LogP contribution in [0.4, 0.5) is 5.69 Å². The third-order valence-corrected chi connectivity index (χ3v) is 5.79. The molecule has 2 aliphatic rings. The number of rotatable bonds is 6. The van der Waals surface area contributed by atoms with Gasteiger partial charge < -0.3 is 14.5 Å². The molecule has 4 rings (SSSR count). The Kier molecular flexibility index (Phi) is 5.28. The number of carbonyl (C=O) groups excluding carboxylic acids is 1. The minimum atomic E-state index is -0.902. The van der Waals surface area contributed by atoms with Gasteiger partial charge in [0.25, 0.3) is 5.91 Å². The topological polar surface area (TPSA) is 32.8 Å². The molecule has 142 valence electrons. The molecule has 1 fully saturated rings. The molecule has 0 bridgehead atoms. The second-order valence-corrected chi connectivity index (χ2v) is 7.68. The SMILES string of the molecule is C[C@@]1(OCCN2CCCCC2)C(=O)N(Cc2ccccc2)c2ccccc21. The number of amides is 1. The summed E-state index contributed by atoms with van der Waals surface area (Å²) >= 11 is 0. The van der Waals surface area contributed by atoms with E-state index in [1.165, 1.54) is 19.3 Å². The van der Waals surface area contributed by atoms with Crippen molar-refractivity contribution >= 4 is 11.6 Å². The average molecular weight is 364 g/mol. The summed E-state index contributed by atoms with van der Waals surface area (Å²) < 4.78 is 6.27. The van der Waals surface area contributed by atoms with Gasteiger partial charge in [-0.2, -0.15) is 0 Å². The number of para-hydroxylation sites is 1. The summed E-state index contributed by atoms with van der Waals surface area (Å²) in [6.45, 7) is 6.26. The Hall–Kier alpha value is -2.17. The zero-order chi connectivity index (χ0) is 18.7. The number of carbonyl (C=O) groups is 1. The smallest absolute Gasteiger partial charge is 0.263 e. The van der Waals surface area contributed by atoms with Gasteiger partial charge in [0.05, 0.1) is 18.8 Å². The number of likely N-dealkylation sites (tertiary alicyclic amines) is 1. The number of benzene rings is 2. The lowest BCUT2D eigenvalue weighted by atomic mass is 9.97. The highest BCUT2D eigenvalue weighted by molar-refractivity contribution is 6.06. The molecule has 1 atom stereocenters. The summed E-state index contributed by atoms with van der Waals surface area (Å²) in [6.07, 6.45) is 3.86. The molecule has 27 heavy (non-hydrogen) atoms. The maximum absolute atomic E-state index is 13.4. The summed E-state index contributed by atoms with van der Waals surface area (Å²) in [5, 5.41) is 0. The van der Waals surface area contributed by atoms with Gasteiger partial charge in [0.1, 0.15) is 0 Å². The van der Waals surface area contributed by atoms with Gasteiger partial charge in [-0.05, 0) is 44.5 Å². The molecule has 2 aromatic carbocycles. The first-order valence-corrected chi connectivity index (χ1v) is 10.0. The predicted molar refractivity (Wildman–Crippen MR) is 108 cm³/mol. The largest absolute Gasteiger partial charge is 0.359 e. The minimum Gasteiger partial charge on any atom is -0.359 e. The van der Waals surface area contributed by atoms with E-state index in [-0.39, 0.29) is 5.91 Å². The summed E-state index contributed by atoms with van der Waals surface area (Å²) in [7, 11) is 0. The van der Waals surface area contributed by atoms with Gasteiger partial charge in [-0.1, -0.05) is 55.0 Å². The normalized spacial score (nSPS) is 22.9. The van der Waals surface area contributed by atoms with Crippen LogP contribution >= 0.6 is 0 Å². The van der Waals surface area contributed by atoms with Gasteiger partial charge in [-0.3, -0.25) is 4.79 Å². The summed E-state index contributed by atoms with van der Waals surface area (Å²) in [6, 6.07) is 18.2. The van der Waals surface area contributed by atoms with Gasteiger partial charge >= 0.3 is 0 Å². The number of ether oxygens (including phenoxy) is 1. The maximum Gasteiger partial charge on any atom is 0.263 e. The molecule has 0 radical (unpaired) electrons. The van der Waals surface area contributed by atoms with Crippen LogP contribution in [0.3, 0.4) is 0 Å². The average Bonchev–Trinajstić information content (AvgIpc) is 2.92. The van der Waals surface area contributed by atoms with E-state index in [0.29, 0.717) is 13.2 Å². The molecule has 2 heterocycles. The van der Waals surface area contributed by atoms with Crippen LogP contribution in [0.25, 0.3) is 0 Å². The van der Waals surface area contributed by atoms with Crippen molar-refractivity contribution in [3.63, 3.8) is 0 Å². The van der Waals surface area contributed by atoms with Crippen molar-refractivity contribution in [3.8, 4) is 0 Å². The highest BCUT2D eigenvalue weighted by atomic mass is 16.5. The van der Waals surface area contributed by atoms with E-state index >= 15 is 0 Å². The lowest BCUT2D eigenvalue weighted by Gasteiger charge is -2.29. The fourth-order valence-electron chi connectivity index (χ4n) is 4.22. The second-order valence-electron chi connectivity index (χ2n) is 7.68. The maximum atomic E-state index is 13.4. The molecular formula is C23H28N2O2. The third kappa shape index (κ3) is 3.64. The molecule has 0 spiro atoms. The Morgan fingerprint density at radius 3 is 2.44 bits per heavy atom. The molecule has 2 aliphatic heterocycles. The quantitative estimate of drug-likeness (QED) is 0.778. The van der Waals surface area contributed by atoms with Crippen molar-refractivity contribution in [2.75, 3.05) is 31.1 Å². The number of nitrogens with zero attached hydrogens (tertiary/aromatic N) is 2. The van der Waals surface area contributed by atoms with Crippen LogP contribution in [0, 0.1) is 0 Å². The number of fused-ring (bicyclic) bond motifs is 1. The van der Waals surface area contributed by atoms with E-state index < -0.39 is 5.60 Å². The molecule has 2 aromatic rings. The van der Waals surface area contributed by atoms with Crippen LogP contribution in [-0.4, -0.2) is 37.0 Å².